The van der Waals surface area contributed by atoms with E-state index in [0.29, 0.717) is 25.1 Å². The zero-order chi connectivity index (χ0) is 20.9. The lowest BCUT2D eigenvalue weighted by Crippen LogP contribution is -2.51. The molecule has 30 heavy (non-hydrogen) atoms. The quantitative estimate of drug-likeness (QED) is 0.823. The number of para-hydroxylation sites is 1. The van der Waals surface area contributed by atoms with E-state index in [1.54, 1.807) is 34.1 Å². The van der Waals surface area contributed by atoms with Gasteiger partial charge in [0.25, 0.3) is 5.91 Å². The lowest BCUT2D eigenvalue weighted by Gasteiger charge is -2.36. The van der Waals surface area contributed by atoms with Crippen molar-refractivity contribution in [2.45, 2.75) is 12.8 Å². The Kier molecular flexibility index (Phi) is 5.97. The number of carbonyl (C=O) groups is 3. The molecule has 1 N–H and O–H groups in total. The smallest absolute Gasteiger partial charge is 0.251 e. The largest absolute Gasteiger partial charge is 0.368 e. The standard InChI is InChI=1S/C23H26N4O3/c28-21-7-4-12-27(21)20-10-8-18(9-11-20)23(30)24-17-22(29)26-15-13-25(14-16-26)19-5-2-1-3-6-19/h1-3,5-6,8-11H,4,7,12-17H2,(H,24,30). The molecule has 156 valence electrons. The van der Waals surface area contributed by atoms with Gasteiger partial charge in [0.05, 0.1) is 6.54 Å². The number of nitrogens with one attached hydrogen (secondary N) is 1. The summed E-state index contributed by atoms with van der Waals surface area (Å²) in [4.78, 5) is 42.5. The summed E-state index contributed by atoms with van der Waals surface area (Å²) in [6.45, 7) is 3.54. The molecule has 2 fully saturated rings. The minimum absolute atomic E-state index is 0.0173. The Morgan fingerprint density at radius 2 is 1.53 bits per heavy atom. The molecule has 4 rings (SSSR count). The molecule has 2 aromatic carbocycles. The van der Waals surface area contributed by atoms with Gasteiger partial charge in [-0.15, -0.1) is 0 Å². The van der Waals surface area contributed by atoms with Crippen molar-refractivity contribution in [3.8, 4) is 0 Å². The van der Waals surface area contributed by atoms with Crippen LogP contribution in [0.25, 0.3) is 0 Å². The fraction of sp³-hybridized carbons (Fsp3) is 0.348. The average molecular weight is 406 g/mol. The Morgan fingerprint density at radius 3 is 2.17 bits per heavy atom. The van der Waals surface area contributed by atoms with Crippen LogP contribution in [-0.4, -0.2) is 61.9 Å². The van der Waals surface area contributed by atoms with E-state index in [1.807, 2.05) is 18.2 Å². The van der Waals surface area contributed by atoms with Gasteiger partial charge in [0, 0.05) is 56.1 Å². The first kappa shape index (κ1) is 19.9. The van der Waals surface area contributed by atoms with Crippen LogP contribution in [0.4, 0.5) is 11.4 Å². The van der Waals surface area contributed by atoms with Crippen LogP contribution in [0.3, 0.4) is 0 Å². The van der Waals surface area contributed by atoms with Crippen LogP contribution in [0.5, 0.6) is 0 Å². The van der Waals surface area contributed by atoms with E-state index in [2.05, 4.69) is 22.3 Å². The van der Waals surface area contributed by atoms with E-state index in [1.165, 1.54) is 0 Å². The van der Waals surface area contributed by atoms with Crippen LogP contribution in [0.15, 0.2) is 54.6 Å². The van der Waals surface area contributed by atoms with Crippen LogP contribution in [0.1, 0.15) is 23.2 Å². The number of nitrogens with zero attached hydrogens (tertiary/aromatic N) is 3. The fourth-order valence-corrected chi connectivity index (χ4v) is 3.94. The van der Waals surface area contributed by atoms with Crippen molar-refractivity contribution in [3.63, 3.8) is 0 Å². The van der Waals surface area contributed by atoms with Crippen molar-refractivity contribution < 1.29 is 14.4 Å². The number of anilines is 2. The van der Waals surface area contributed by atoms with E-state index in [9.17, 15) is 14.4 Å². The minimum atomic E-state index is -0.287. The molecule has 0 unspecified atom stereocenters. The van der Waals surface area contributed by atoms with E-state index >= 15 is 0 Å². The monoisotopic (exact) mass is 406 g/mol. The molecular formula is C23H26N4O3. The second-order valence-electron chi connectivity index (χ2n) is 7.58. The maximum absolute atomic E-state index is 12.5. The number of carbonyl (C=O) groups excluding carboxylic acids is 3. The third-order valence-corrected chi connectivity index (χ3v) is 5.67. The summed E-state index contributed by atoms with van der Waals surface area (Å²) in [6, 6.07) is 17.1. The number of piperazine rings is 1. The number of rotatable bonds is 5. The van der Waals surface area contributed by atoms with E-state index in [0.717, 1.165) is 37.4 Å². The highest BCUT2D eigenvalue weighted by molar-refractivity contribution is 5.98. The van der Waals surface area contributed by atoms with Crippen molar-refractivity contribution in [2.75, 3.05) is 49.1 Å². The summed E-state index contributed by atoms with van der Waals surface area (Å²) in [6.07, 6.45) is 1.44. The first-order valence-electron chi connectivity index (χ1n) is 10.4. The van der Waals surface area contributed by atoms with Gasteiger partial charge in [0.15, 0.2) is 0 Å². The molecule has 0 atom stereocenters. The molecule has 0 radical (unpaired) electrons. The summed E-state index contributed by atoms with van der Waals surface area (Å²) in [5.74, 6) is -0.244. The van der Waals surface area contributed by atoms with Crippen molar-refractivity contribution in [2.24, 2.45) is 0 Å². The van der Waals surface area contributed by atoms with E-state index in [-0.39, 0.29) is 24.3 Å². The third kappa shape index (κ3) is 4.45. The zero-order valence-corrected chi connectivity index (χ0v) is 16.9. The van der Waals surface area contributed by atoms with Crippen LogP contribution in [0.2, 0.25) is 0 Å². The second kappa shape index (κ2) is 8.98. The van der Waals surface area contributed by atoms with Gasteiger partial charge in [-0.1, -0.05) is 18.2 Å². The topological polar surface area (TPSA) is 73.0 Å². The lowest BCUT2D eigenvalue weighted by atomic mass is 10.2. The Bertz CT molecular complexity index is 906. The van der Waals surface area contributed by atoms with E-state index in [4.69, 9.17) is 0 Å². The van der Waals surface area contributed by atoms with Gasteiger partial charge >= 0.3 is 0 Å². The predicted octanol–water partition coefficient (Wildman–Crippen LogP) is 1.89. The number of hydrogen-bond donors (Lipinski definition) is 1. The average Bonchev–Trinajstić information content (AvgIpc) is 3.24. The molecule has 2 aliphatic rings. The fourth-order valence-electron chi connectivity index (χ4n) is 3.94. The maximum Gasteiger partial charge on any atom is 0.251 e. The van der Waals surface area contributed by atoms with Crippen molar-refractivity contribution in [1.29, 1.82) is 0 Å². The highest BCUT2D eigenvalue weighted by atomic mass is 16.2. The number of hydrogen-bond acceptors (Lipinski definition) is 4. The first-order chi connectivity index (χ1) is 14.6. The van der Waals surface area contributed by atoms with Crippen LogP contribution < -0.4 is 15.1 Å². The first-order valence-corrected chi connectivity index (χ1v) is 10.4. The molecule has 2 aromatic rings. The van der Waals surface area contributed by atoms with Crippen LogP contribution in [0, 0.1) is 0 Å². The van der Waals surface area contributed by atoms with E-state index < -0.39 is 0 Å². The molecule has 3 amide bonds. The Morgan fingerprint density at radius 1 is 0.833 bits per heavy atom. The summed E-state index contributed by atoms with van der Waals surface area (Å²) in [7, 11) is 0. The highest BCUT2D eigenvalue weighted by Gasteiger charge is 2.23. The van der Waals surface area contributed by atoms with Gasteiger partial charge in [-0.25, -0.2) is 0 Å². The molecule has 2 saturated heterocycles. The number of benzene rings is 2. The SMILES string of the molecule is O=C(NCC(=O)N1CCN(c2ccccc2)CC1)c1ccc(N2CCCC2=O)cc1. The zero-order valence-electron chi connectivity index (χ0n) is 16.9. The summed E-state index contributed by atoms with van der Waals surface area (Å²) in [5, 5.41) is 2.71. The molecule has 0 bridgehead atoms. The van der Waals surface area contributed by atoms with Gasteiger partial charge in [-0.05, 0) is 42.8 Å². The molecule has 0 spiro atoms. The molecule has 0 aliphatic carbocycles. The minimum Gasteiger partial charge on any atom is -0.368 e. The van der Waals surface area contributed by atoms with Gasteiger partial charge in [0.2, 0.25) is 11.8 Å². The normalized spacial score (nSPS) is 16.7. The third-order valence-electron chi connectivity index (χ3n) is 5.67. The second-order valence-corrected chi connectivity index (χ2v) is 7.58. The van der Waals surface area contributed by atoms with Crippen molar-refractivity contribution in [1.82, 2.24) is 10.2 Å². The molecule has 7 nitrogen and oxygen atoms in total. The molecule has 0 aromatic heterocycles. The molecule has 7 heteroatoms. The molecular weight excluding hydrogens is 380 g/mol. The van der Waals surface area contributed by atoms with Gasteiger partial charge in [0.1, 0.15) is 0 Å². The molecule has 2 heterocycles. The predicted molar refractivity (Wildman–Crippen MR) is 116 cm³/mol. The van der Waals surface area contributed by atoms with Crippen LogP contribution in [-0.2, 0) is 9.59 Å². The summed E-state index contributed by atoms with van der Waals surface area (Å²) in [5.41, 5.74) is 2.45. The highest BCUT2D eigenvalue weighted by Crippen LogP contribution is 2.21. The van der Waals surface area contributed by atoms with Gasteiger partial charge in [-0.2, -0.15) is 0 Å². The Balaban J connectivity index is 1.25. The Labute approximate surface area is 176 Å². The molecule has 2 aliphatic heterocycles. The van der Waals surface area contributed by atoms with Crippen molar-refractivity contribution in [3.05, 3.63) is 60.2 Å². The summed E-state index contributed by atoms with van der Waals surface area (Å²) >= 11 is 0. The van der Waals surface area contributed by atoms with Crippen molar-refractivity contribution >= 4 is 29.1 Å². The van der Waals surface area contributed by atoms with Gasteiger partial charge < -0.3 is 20.0 Å². The Hall–Kier alpha value is -3.35. The molecule has 0 saturated carbocycles. The maximum atomic E-state index is 12.5. The number of amides is 3. The summed E-state index contributed by atoms with van der Waals surface area (Å²) < 4.78 is 0. The van der Waals surface area contributed by atoms with Crippen LogP contribution >= 0.6 is 0 Å². The lowest BCUT2D eigenvalue weighted by molar-refractivity contribution is -0.130. The van der Waals surface area contributed by atoms with Gasteiger partial charge in [-0.3, -0.25) is 14.4 Å².